The standard InChI is InChI=1S/C18H18ClNO4S/c1-11(17(21)20-13-6-4-12(19)5-7-13)24-18(22)15-9-8-14(25-3)10-16(15)23-2/h4-11H,1-3H3,(H,20,21)/t11-/m0/s1. The summed E-state index contributed by atoms with van der Waals surface area (Å²) in [4.78, 5) is 25.5. The average molecular weight is 380 g/mol. The molecule has 2 aromatic rings. The number of carbonyl (C=O) groups excluding carboxylic acids is 2. The zero-order chi connectivity index (χ0) is 18.4. The van der Waals surface area contributed by atoms with E-state index in [4.69, 9.17) is 21.1 Å². The van der Waals surface area contributed by atoms with E-state index in [2.05, 4.69) is 5.32 Å². The van der Waals surface area contributed by atoms with Gasteiger partial charge in [0.05, 0.1) is 7.11 Å². The molecule has 0 spiro atoms. The molecule has 2 rings (SSSR count). The van der Waals surface area contributed by atoms with E-state index in [-0.39, 0.29) is 5.56 Å². The number of methoxy groups -OCH3 is 1. The van der Waals surface area contributed by atoms with Crippen molar-refractivity contribution in [1.29, 1.82) is 0 Å². The molecule has 0 saturated carbocycles. The zero-order valence-electron chi connectivity index (χ0n) is 14.0. The Morgan fingerprint density at radius 1 is 1.16 bits per heavy atom. The summed E-state index contributed by atoms with van der Waals surface area (Å²) in [5.74, 6) is -0.652. The van der Waals surface area contributed by atoms with Crippen LogP contribution < -0.4 is 10.1 Å². The fourth-order valence-electron chi connectivity index (χ4n) is 2.02. The van der Waals surface area contributed by atoms with Crippen LogP contribution in [0.1, 0.15) is 17.3 Å². The SMILES string of the molecule is COc1cc(SC)ccc1C(=O)O[C@@H](C)C(=O)Nc1ccc(Cl)cc1. The van der Waals surface area contributed by atoms with Crippen LogP contribution >= 0.6 is 23.4 Å². The van der Waals surface area contributed by atoms with Crippen molar-refractivity contribution in [1.82, 2.24) is 0 Å². The number of rotatable bonds is 6. The Bertz CT molecular complexity index is 764. The van der Waals surface area contributed by atoms with Gasteiger partial charge in [0.15, 0.2) is 6.10 Å². The first kappa shape index (κ1) is 19.1. The van der Waals surface area contributed by atoms with Crippen molar-refractivity contribution in [2.24, 2.45) is 0 Å². The summed E-state index contributed by atoms with van der Waals surface area (Å²) in [6.45, 7) is 1.51. The molecule has 2 aromatic carbocycles. The van der Waals surface area contributed by atoms with Crippen molar-refractivity contribution < 1.29 is 19.1 Å². The molecule has 0 radical (unpaired) electrons. The van der Waals surface area contributed by atoms with Crippen molar-refractivity contribution >= 4 is 40.9 Å². The van der Waals surface area contributed by atoms with Crippen LogP contribution in [0.15, 0.2) is 47.4 Å². The molecule has 0 fully saturated rings. The van der Waals surface area contributed by atoms with Gasteiger partial charge in [0.2, 0.25) is 0 Å². The number of benzene rings is 2. The highest BCUT2D eigenvalue weighted by Crippen LogP contribution is 2.26. The minimum absolute atomic E-state index is 0.270. The lowest BCUT2D eigenvalue weighted by Gasteiger charge is -2.15. The number of nitrogens with one attached hydrogen (secondary N) is 1. The van der Waals surface area contributed by atoms with Crippen LogP contribution in [0.25, 0.3) is 0 Å². The third-order valence-electron chi connectivity index (χ3n) is 3.39. The van der Waals surface area contributed by atoms with E-state index in [1.54, 1.807) is 42.5 Å². The van der Waals surface area contributed by atoms with E-state index in [1.165, 1.54) is 25.8 Å². The van der Waals surface area contributed by atoms with E-state index < -0.39 is 18.0 Å². The third-order valence-corrected chi connectivity index (χ3v) is 4.37. The number of hydrogen-bond acceptors (Lipinski definition) is 5. The second-order valence-electron chi connectivity index (χ2n) is 5.11. The van der Waals surface area contributed by atoms with Gasteiger partial charge in [-0.25, -0.2) is 4.79 Å². The molecule has 0 aliphatic heterocycles. The topological polar surface area (TPSA) is 64.6 Å². The van der Waals surface area contributed by atoms with Crippen molar-refractivity contribution in [3.05, 3.63) is 53.1 Å². The maximum absolute atomic E-state index is 12.3. The maximum Gasteiger partial charge on any atom is 0.342 e. The molecule has 0 aliphatic carbocycles. The van der Waals surface area contributed by atoms with E-state index in [9.17, 15) is 9.59 Å². The summed E-state index contributed by atoms with van der Waals surface area (Å²) in [6, 6.07) is 11.8. The number of amides is 1. The normalized spacial score (nSPS) is 11.5. The van der Waals surface area contributed by atoms with Gasteiger partial charge in [-0.3, -0.25) is 4.79 Å². The molecule has 0 bridgehead atoms. The number of hydrogen-bond donors (Lipinski definition) is 1. The lowest BCUT2D eigenvalue weighted by molar-refractivity contribution is -0.123. The smallest absolute Gasteiger partial charge is 0.342 e. The Labute approximate surface area is 155 Å². The summed E-state index contributed by atoms with van der Waals surface area (Å²) in [5.41, 5.74) is 0.839. The predicted octanol–water partition coefficient (Wildman–Crippen LogP) is 4.25. The molecular formula is C18H18ClNO4S. The highest BCUT2D eigenvalue weighted by atomic mass is 35.5. The number of anilines is 1. The lowest BCUT2D eigenvalue weighted by Crippen LogP contribution is -2.30. The van der Waals surface area contributed by atoms with Gasteiger partial charge in [-0.1, -0.05) is 11.6 Å². The van der Waals surface area contributed by atoms with E-state index >= 15 is 0 Å². The molecule has 1 N–H and O–H groups in total. The number of esters is 1. The van der Waals surface area contributed by atoms with Crippen molar-refractivity contribution in [3.63, 3.8) is 0 Å². The summed E-state index contributed by atoms with van der Waals surface area (Å²) in [5, 5.41) is 3.23. The first-order valence-electron chi connectivity index (χ1n) is 7.44. The Morgan fingerprint density at radius 2 is 1.84 bits per heavy atom. The van der Waals surface area contributed by atoms with Gasteiger partial charge >= 0.3 is 5.97 Å². The fourth-order valence-corrected chi connectivity index (χ4v) is 2.58. The Kier molecular flexibility index (Phi) is 6.73. The summed E-state index contributed by atoms with van der Waals surface area (Å²) < 4.78 is 10.5. The molecule has 0 heterocycles. The highest BCUT2D eigenvalue weighted by molar-refractivity contribution is 7.98. The molecule has 1 atom stereocenters. The molecule has 0 unspecified atom stereocenters. The van der Waals surface area contributed by atoms with Gasteiger partial charge in [0, 0.05) is 15.6 Å². The van der Waals surface area contributed by atoms with Crippen molar-refractivity contribution in [2.45, 2.75) is 17.9 Å². The largest absolute Gasteiger partial charge is 0.496 e. The van der Waals surface area contributed by atoms with Crippen LogP contribution in [-0.4, -0.2) is 31.3 Å². The zero-order valence-corrected chi connectivity index (χ0v) is 15.6. The fraction of sp³-hybridized carbons (Fsp3) is 0.222. The number of carbonyl (C=O) groups is 2. The monoisotopic (exact) mass is 379 g/mol. The second-order valence-corrected chi connectivity index (χ2v) is 6.43. The van der Waals surface area contributed by atoms with Gasteiger partial charge < -0.3 is 14.8 Å². The quantitative estimate of drug-likeness (QED) is 0.600. The Hall–Kier alpha value is -2.18. The van der Waals surface area contributed by atoms with E-state index in [1.807, 2.05) is 6.26 Å². The number of ether oxygens (including phenoxy) is 2. The summed E-state index contributed by atoms with van der Waals surface area (Å²) in [7, 11) is 1.48. The lowest BCUT2D eigenvalue weighted by atomic mass is 10.2. The van der Waals surface area contributed by atoms with Crippen LogP contribution in [0, 0.1) is 0 Å². The van der Waals surface area contributed by atoms with E-state index in [0.29, 0.717) is 16.5 Å². The van der Waals surface area contributed by atoms with Gasteiger partial charge in [0.1, 0.15) is 11.3 Å². The van der Waals surface area contributed by atoms with Gasteiger partial charge in [-0.05, 0) is 55.6 Å². The van der Waals surface area contributed by atoms with Gasteiger partial charge in [-0.2, -0.15) is 0 Å². The minimum atomic E-state index is -0.965. The highest BCUT2D eigenvalue weighted by Gasteiger charge is 2.21. The first-order chi connectivity index (χ1) is 11.9. The molecule has 132 valence electrons. The predicted molar refractivity (Wildman–Crippen MR) is 99.7 cm³/mol. The average Bonchev–Trinajstić information content (AvgIpc) is 2.62. The van der Waals surface area contributed by atoms with Gasteiger partial charge in [-0.15, -0.1) is 11.8 Å². The van der Waals surface area contributed by atoms with Crippen molar-refractivity contribution in [3.8, 4) is 5.75 Å². The maximum atomic E-state index is 12.3. The molecule has 0 aliphatic rings. The Balaban J connectivity index is 2.04. The van der Waals surface area contributed by atoms with Crippen molar-refractivity contribution in [2.75, 3.05) is 18.7 Å². The van der Waals surface area contributed by atoms with Crippen LogP contribution in [-0.2, 0) is 9.53 Å². The number of halogens is 1. The van der Waals surface area contributed by atoms with Crippen LogP contribution in [0.2, 0.25) is 5.02 Å². The minimum Gasteiger partial charge on any atom is -0.496 e. The first-order valence-corrected chi connectivity index (χ1v) is 9.04. The third kappa shape index (κ3) is 5.14. The molecule has 5 nitrogen and oxygen atoms in total. The summed E-state index contributed by atoms with van der Waals surface area (Å²) in [6.07, 6.45) is 0.962. The molecule has 0 aromatic heterocycles. The summed E-state index contributed by atoms with van der Waals surface area (Å²) >= 11 is 7.34. The molecule has 1 amide bonds. The second kappa shape index (κ2) is 8.78. The van der Waals surface area contributed by atoms with E-state index in [0.717, 1.165) is 4.90 Å². The van der Waals surface area contributed by atoms with Crippen LogP contribution in [0.5, 0.6) is 5.75 Å². The number of thioether (sulfide) groups is 1. The molecule has 7 heteroatoms. The van der Waals surface area contributed by atoms with Crippen LogP contribution in [0.4, 0.5) is 5.69 Å². The van der Waals surface area contributed by atoms with Crippen LogP contribution in [0.3, 0.4) is 0 Å². The molecular weight excluding hydrogens is 362 g/mol. The Morgan fingerprint density at radius 3 is 2.44 bits per heavy atom. The van der Waals surface area contributed by atoms with Gasteiger partial charge in [0.25, 0.3) is 5.91 Å². The molecule has 0 saturated heterocycles. The molecule has 25 heavy (non-hydrogen) atoms.